The van der Waals surface area contributed by atoms with Crippen LogP contribution in [0.4, 0.5) is 0 Å². The fraction of sp³-hybridized carbons (Fsp3) is 0.238. The molecule has 0 bridgehead atoms. The molecule has 0 spiro atoms. The number of methoxy groups -OCH3 is 2. The summed E-state index contributed by atoms with van der Waals surface area (Å²) in [7, 11) is 3.22. The quantitative estimate of drug-likeness (QED) is 0.464. The number of para-hydroxylation sites is 2. The number of rotatable bonds is 8. The largest absolute Gasteiger partial charge is 0.493 e. The first-order chi connectivity index (χ1) is 14.7. The molecule has 1 amide bonds. The standard InChI is InChI=1S/C21H22N6O3/c1-29-19-9-5-7-15(21(19)30-2)17(11-23-20(28)12-27-13-24-25-26-27)16-10-22-18-8-4-3-6-14(16)18/h3-10,13,17,22H,11-12H2,1-2H3,(H,23,28). The maximum atomic E-state index is 12.5. The van der Waals surface area contributed by atoms with E-state index in [-0.39, 0.29) is 18.4 Å². The molecule has 1 atom stereocenters. The lowest BCUT2D eigenvalue weighted by Crippen LogP contribution is -2.32. The molecule has 0 radical (unpaired) electrons. The van der Waals surface area contributed by atoms with E-state index in [9.17, 15) is 4.79 Å². The predicted molar refractivity (Wildman–Crippen MR) is 111 cm³/mol. The lowest BCUT2D eigenvalue weighted by molar-refractivity contribution is -0.121. The monoisotopic (exact) mass is 406 g/mol. The molecular formula is C21H22N6O3. The van der Waals surface area contributed by atoms with Crippen molar-refractivity contribution in [3.63, 3.8) is 0 Å². The molecule has 0 saturated carbocycles. The molecule has 9 heteroatoms. The number of aromatic amines is 1. The zero-order valence-electron chi connectivity index (χ0n) is 16.7. The third kappa shape index (κ3) is 3.82. The van der Waals surface area contributed by atoms with E-state index >= 15 is 0 Å². The Bertz CT molecular complexity index is 1140. The molecule has 0 fully saturated rings. The summed E-state index contributed by atoms with van der Waals surface area (Å²) in [6.07, 6.45) is 3.38. The number of H-pyrrole nitrogens is 1. The van der Waals surface area contributed by atoms with E-state index < -0.39 is 0 Å². The average Bonchev–Trinajstić information content (AvgIpc) is 3.44. The number of carbonyl (C=O) groups excluding carboxylic acids is 1. The van der Waals surface area contributed by atoms with E-state index in [1.807, 2.05) is 42.6 Å². The molecule has 4 rings (SSSR count). The van der Waals surface area contributed by atoms with Gasteiger partial charge in [-0.05, 0) is 28.1 Å². The Morgan fingerprint density at radius 2 is 2.00 bits per heavy atom. The Labute approximate surface area is 173 Å². The molecule has 0 aliphatic rings. The predicted octanol–water partition coefficient (Wildman–Crippen LogP) is 2.12. The fourth-order valence-electron chi connectivity index (χ4n) is 3.63. The first-order valence-corrected chi connectivity index (χ1v) is 9.45. The van der Waals surface area contributed by atoms with Crippen molar-refractivity contribution in [2.24, 2.45) is 0 Å². The summed E-state index contributed by atoms with van der Waals surface area (Å²) in [6, 6.07) is 13.8. The lowest BCUT2D eigenvalue weighted by atomic mass is 9.90. The molecule has 30 heavy (non-hydrogen) atoms. The summed E-state index contributed by atoms with van der Waals surface area (Å²) >= 11 is 0. The van der Waals surface area contributed by atoms with Crippen molar-refractivity contribution in [2.45, 2.75) is 12.5 Å². The van der Waals surface area contributed by atoms with Crippen LogP contribution < -0.4 is 14.8 Å². The van der Waals surface area contributed by atoms with Crippen LogP contribution in [0, 0.1) is 0 Å². The van der Waals surface area contributed by atoms with Gasteiger partial charge in [-0.3, -0.25) is 4.79 Å². The normalized spacial score (nSPS) is 11.9. The van der Waals surface area contributed by atoms with Crippen LogP contribution in [0.5, 0.6) is 11.5 Å². The number of hydrogen-bond donors (Lipinski definition) is 2. The van der Waals surface area contributed by atoms with Crippen molar-refractivity contribution in [1.82, 2.24) is 30.5 Å². The average molecular weight is 406 g/mol. The van der Waals surface area contributed by atoms with Crippen molar-refractivity contribution >= 4 is 16.8 Å². The molecule has 1 unspecified atom stereocenters. The molecular weight excluding hydrogens is 384 g/mol. The van der Waals surface area contributed by atoms with Crippen LogP contribution in [0.15, 0.2) is 55.0 Å². The minimum atomic E-state index is -0.186. The van der Waals surface area contributed by atoms with E-state index in [1.54, 1.807) is 14.2 Å². The maximum absolute atomic E-state index is 12.5. The van der Waals surface area contributed by atoms with E-state index in [0.717, 1.165) is 22.0 Å². The van der Waals surface area contributed by atoms with Gasteiger partial charge in [0.25, 0.3) is 0 Å². The van der Waals surface area contributed by atoms with E-state index in [4.69, 9.17) is 9.47 Å². The van der Waals surface area contributed by atoms with Gasteiger partial charge in [0, 0.05) is 35.1 Å². The number of fused-ring (bicyclic) bond motifs is 1. The lowest BCUT2D eigenvalue weighted by Gasteiger charge is -2.22. The smallest absolute Gasteiger partial charge is 0.241 e. The molecule has 2 aromatic heterocycles. The molecule has 2 N–H and O–H groups in total. The second-order valence-electron chi connectivity index (χ2n) is 6.74. The van der Waals surface area contributed by atoms with Gasteiger partial charge in [0.15, 0.2) is 11.5 Å². The van der Waals surface area contributed by atoms with Gasteiger partial charge in [-0.1, -0.05) is 30.3 Å². The van der Waals surface area contributed by atoms with Crippen LogP contribution in [0.25, 0.3) is 10.9 Å². The Morgan fingerprint density at radius 3 is 2.77 bits per heavy atom. The number of tetrazole rings is 1. The molecule has 4 aromatic rings. The SMILES string of the molecule is COc1cccc(C(CNC(=O)Cn2cnnn2)c2c[nH]c3ccccc23)c1OC. The first-order valence-electron chi connectivity index (χ1n) is 9.45. The Morgan fingerprint density at radius 1 is 1.13 bits per heavy atom. The minimum Gasteiger partial charge on any atom is -0.493 e. The van der Waals surface area contributed by atoms with Crippen LogP contribution in [-0.4, -0.2) is 51.9 Å². The highest BCUT2D eigenvalue weighted by Gasteiger charge is 2.24. The third-order valence-electron chi connectivity index (χ3n) is 5.01. The summed E-state index contributed by atoms with van der Waals surface area (Å²) in [5, 5.41) is 14.9. The van der Waals surface area contributed by atoms with Gasteiger partial charge in [0.1, 0.15) is 12.9 Å². The molecule has 2 aromatic carbocycles. The zero-order chi connectivity index (χ0) is 20.9. The number of benzene rings is 2. The summed E-state index contributed by atoms with van der Waals surface area (Å²) in [6.45, 7) is 0.412. The van der Waals surface area contributed by atoms with Crippen LogP contribution in [0.2, 0.25) is 0 Å². The molecule has 0 saturated heterocycles. The summed E-state index contributed by atoms with van der Waals surface area (Å²) in [5.74, 6) is 0.933. The van der Waals surface area contributed by atoms with Crippen LogP contribution >= 0.6 is 0 Å². The number of ether oxygens (including phenoxy) is 2. The van der Waals surface area contributed by atoms with E-state index in [0.29, 0.717) is 18.0 Å². The number of nitrogens with zero attached hydrogens (tertiary/aromatic N) is 4. The topological polar surface area (TPSA) is 107 Å². The highest BCUT2D eigenvalue weighted by Crippen LogP contribution is 2.40. The van der Waals surface area contributed by atoms with Crippen molar-refractivity contribution in [3.05, 3.63) is 66.1 Å². The van der Waals surface area contributed by atoms with Gasteiger partial charge in [-0.25, -0.2) is 4.68 Å². The second kappa shape index (κ2) is 8.64. The van der Waals surface area contributed by atoms with Crippen molar-refractivity contribution in [1.29, 1.82) is 0 Å². The van der Waals surface area contributed by atoms with Gasteiger partial charge in [0.2, 0.25) is 5.91 Å². The maximum Gasteiger partial charge on any atom is 0.241 e. The summed E-state index contributed by atoms with van der Waals surface area (Å²) in [4.78, 5) is 15.8. The van der Waals surface area contributed by atoms with Crippen LogP contribution in [0.1, 0.15) is 17.0 Å². The fourth-order valence-corrected chi connectivity index (χ4v) is 3.63. The summed E-state index contributed by atoms with van der Waals surface area (Å²) in [5.41, 5.74) is 3.00. The Hall–Kier alpha value is -3.88. The highest BCUT2D eigenvalue weighted by molar-refractivity contribution is 5.84. The number of nitrogens with one attached hydrogen (secondary N) is 2. The zero-order valence-corrected chi connectivity index (χ0v) is 16.7. The van der Waals surface area contributed by atoms with Crippen molar-refractivity contribution < 1.29 is 14.3 Å². The number of amides is 1. The third-order valence-corrected chi connectivity index (χ3v) is 5.01. The van der Waals surface area contributed by atoms with Gasteiger partial charge in [0.05, 0.1) is 14.2 Å². The minimum absolute atomic E-state index is 0.0445. The van der Waals surface area contributed by atoms with Gasteiger partial charge in [-0.2, -0.15) is 0 Å². The first kappa shape index (κ1) is 19.4. The molecule has 154 valence electrons. The molecule has 9 nitrogen and oxygen atoms in total. The number of aromatic nitrogens is 5. The number of hydrogen-bond acceptors (Lipinski definition) is 6. The highest BCUT2D eigenvalue weighted by atomic mass is 16.5. The van der Waals surface area contributed by atoms with Gasteiger partial charge >= 0.3 is 0 Å². The van der Waals surface area contributed by atoms with Crippen molar-refractivity contribution in [2.75, 3.05) is 20.8 Å². The Balaban J connectivity index is 1.69. The summed E-state index contributed by atoms with van der Waals surface area (Å²) < 4.78 is 12.5. The second-order valence-corrected chi connectivity index (χ2v) is 6.74. The van der Waals surface area contributed by atoms with Crippen molar-refractivity contribution in [3.8, 4) is 11.5 Å². The van der Waals surface area contributed by atoms with Crippen LogP contribution in [-0.2, 0) is 11.3 Å². The van der Waals surface area contributed by atoms with Gasteiger partial charge < -0.3 is 19.8 Å². The Kier molecular flexibility index (Phi) is 5.60. The molecule has 2 heterocycles. The van der Waals surface area contributed by atoms with Gasteiger partial charge in [-0.15, -0.1) is 5.10 Å². The van der Waals surface area contributed by atoms with E-state index in [2.05, 4.69) is 31.9 Å². The van der Waals surface area contributed by atoms with E-state index in [1.165, 1.54) is 11.0 Å². The molecule has 0 aliphatic heterocycles. The van der Waals surface area contributed by atoms with Crippen LogP contribution in [0.3, 0.4) is 0 Å². The molecule has 0 aliphatic carbocycles. The number of carbonyl (C=O) groups is 1.